The lowest BCUT2D eigenvalue weighted by atomic mass is 9.91. The molecule has 0 saturated carbocycles. The molecule has 1 rings (SSSR count). The van der Waals surface area contributed by atoms with Crippen LogP contribution >= 0.6 is 0 Å². The monoisotopic (exact) mass is 340 g/mol. The van der Waals surface area contributed by atoms with Crippen molar-refractivity contribution >= 4 is 10.1 Å². The van der Waals surface area contributed by atoms with Crippen LogP contribution in [0.5, 0.6) is 0 Å². The summed E-state index contributed by atoms with van der Waals surface area (Å²) in [5.41, 5.74) is 1.13. The molecule has 0 amide bonds. The third kappa shape index (κ3) is 7.98. The zero-order valence-electron chi connectivity index (χ0n) is 14.8. The maximum absolute atomic E-state index is 11.0. The molecule has 1 N–H and O–H groups in total. The van der Waals surface area contributed by atoms with Crippen LogP contribution in [0.2, 0.25) is 0 Å². The Balaban J connectivity index is 2.32. The van der Waals surface area contributed by atoms with E-state index in [4.69, 9.17) is 4.55 Å². The lowest BCUT2D eigenvalue weighted by molar-refractivity contribution is 0.432. The maximum Gasteiger partial charge on any atom is 0.294 e. The van der Waals surface area contributed by atoms with Gasteiger partial charge in [0.2, 0.25) is 0 Å². The van der Waals surface area contributed by atoms with Crippen molar-refractivity contribution in [2.45, 2.75) is 83.0 Å². The quantitative estimate of drug-likeness (QED) is 0.408. The van der Waals surface area contributed by atoms with Crippen LogP contribution in [0, 0.1) is 5.92 Å². The molecule has 0 aliphatic heterocycles. The van der Waals surface area contributed by atoms with Gasteiger partial charge in [-0.15, -0.1) is 0 Å². The predicted octanol–water partition coefficient (Wildman–Crippen LogP) is 5.81. The molecular formula is C19H32O3S. The fourth-order valence-electron chi connectivity index (χ4n) is 2.97. The fourth-order valence-corrected chi connectivity index (χ4v) is 3.45. The van der Waals surface area contributed by atoms with Gasteiger partial charge in [-0.25, -0.2) is 0 Å². The molecular weight excluding hydrogens is 308 g/mol. The summed E-state index contributed by atoms with van der Waals surface area (Å²) >= 11 is 0. The average molecular weight is 341 g/mol. The largest absolute Gasteiger partial charge is 0.294 e. The van der Waals surface area contributed by atoms with Gasteiger partial charge in [-0.1, -0.05) is 77.8 Å². The Kier molecular flexibility index (Phi) is 8.85. The Bertz CT molecular complexity index is 534. The topological polar surface area (TPSA) is 54.4 Å². The Morgan fingerprint density at radius 3 is 2.09 bits per heavy atom. The Hall–Kier alpha value is -0.870. The van der Waals surface area contributed by atoms with Gasteiger partial charge in [0.1, 0.15) is 0 Å². The number of unbranched alkanes of at least 4 members (excludes halogenated alkanes) is 3. The van der Waals surface area contributed by atoms with Crippen LogP contribution in [0.1, 0.15) is 83.6 Å². The minimum atomic E-state index is -4.09. The number of rotatable bonds is 11. The summed E-state index contributed by atoms with van der Waals surface area (Å²) in [6.07, 6.45) is 10.3. The molecule has 2 unspecified atom stereocenters. The van der Waals surface area contributed by atoms with Gasteiger partial charge in [0, 0.05) is 0 Å². The number of hydrogen-bond donors (Lipinski definition) is 1. The summed E-state index contributed by atoms with van der Waals surface area (Å²) in [7, 11) is -4.09. The molecule has 1 aromatic rings. The zero-order valence-corrected chi connectivity index (χ0v) is 15.6. The van der Waals surface area contributed by atoms with Crippen molar-refractivity contribution < 1.29 is 13.0 Å². The first-order valence-electron chi connectivity index (χ1n) is 8.92. The standard InChI is InChI=1S/C19H32O3S/c1-4-5-6-7-9-16(2)10-8-11-17(3)18-12-14-19(15-13-18)23(20,21)22/h12-17H,4-11H2,1-3H3,(H,20,21,22). The minimum absolute atomic E-state index is 0.0332. The van der Waals surface area contributed by atoms with Crippen LogP contribution in [0.3, 0.4) is 0 Å². The van der Waals surface area contributed by atoms with E-state index in [2.05, 4.69) is 20.8 Å². The van der Waals surface area contributed by atoms with Crippen molar-refractivity contribution in [2.24, 2.45) is 5.92 Å². The molecule has 3 nitrogen and oxygen atoms in total. The van der Waals surface area contributed by atoms with Crippen molar-refractivity contribution in [3.63, 3.8) is 0 Å². The maximum atomic E-state index is 11.0. The first-order valence-corrected chi connectivity index (χ1v) is 10.4. The van der Waals surface area contributed by atoms with Gasteiger partial charge in [-0.05, 0) is 36.0 Å². The first kappa shape index (κ1) is 20.2. The van der Waals surface area contributed by atoms with E-state index in [1.165, 1.54) is 57.1 Å². The SMILES string of the molecule is CCCCCCC(C)CCCC(C)c1ccc(S(=O)(=O)O)cc1. The third-order valence-electron chi connectivity index (χ3n) is 4.63. The summed E-state index contributed by atoms with van der Waals surface area (Å²) in [5, 5.41) is 0. The van der Waals surface area contributed by atoms with Gasteiger partial charge >= 0.3 is 0 Å². The molecule has 1 aromatic carbocycles. The molecule has 132 valence electrons. The molecule has 0 heterocycles. The van der Waals surface area contributed by atoms with E-state index in [-0.39, 0.29) is 4.90 Å². The molecule has 23 heavy (non-hydrogen) atoms. The van der Waals surface area contributed by atoms with Gasteiger partial charge < -0.3 is 0 Å². The van der Waals surface area contributed by atoms with Crippen molar-refractivity contribution in [3.05, 3.63) is 29.8 Å². The summed E-state index contributed by atoms with van der Waals surface area (Å²) in [6.45, 7) is 6.76. The van der Waals surface area contributed by atoms with Crippen molar-refractivity contribution in [2.75, 3.05) is 0 Å². The Morgan fingerprint density at radius 1 is 0.913 bits per heavy atom. The van der Waals surface area contributed by atoms with E-state index < -0.39 is 10.1 Å². The minimum Gasteiger partial charge on any atom is -0.282 e. The van der Waals surface area contributed by atoms with Gasteiger partial charge in [0.05, 0.1) is 4.90 Å². The number of hydrogen-bond acceptors (Lipinski definition) is 2. The van der Waals surface area contributed by atoms with E-state index in [9.17, 15) is 8.42 Å². The van der Waals surface area contributed by atoms with Crippen LogP contribution < -0.4 is 0 Å². The highest BCUT2D eigenvalue weighted by molar-refractivity contribution is 7.85. The van der Waals surface area contributed by atoms with E-state index >= 15 is 0 Å². The first-order chi connectivity index (χ1) is 10.8. The average Bonchev–Trinajstić information content (AvgIpc) is 2.51. The summed E-state index contributed by atoms with van der Waals surface area (Å²) in [4.78, 5) is -0.0332. The van der Waals surface area contributed by atoms with Crippen LogP contribution in [0.25, 0.3) is 0 Å². The van der Waals surface area contributed by atoms with Crippen molar-refractivity contribution in [3.8, 4) is 0 Å². The van der Waals surface area contributed by atoms with Crippen molar-refractivity contribution in [1.82, 2.24) is 0 Å². The van der Waals surface area contributed by atoms with Crippen LogP contribution in [0.15, 0.2) is 29.2 Å². The summed E-state index contributed by atoms with van der Waals surface area (Å²) < 4.78 is 31.1. The normalized spacial score (nSPS) is 14.6. The van der Waals surface area contributed by atoms with Gasteiger partial charge in [-0.3, -0.25) is 4.55 Å². The van der Waals surface area contributed by atoms with Crippen molar-refractivity contribution in [1.29, 1.82) is 0 Å². The number of benzene rings is 1. The Morgan fingerprint density at radius 2 is 1.52 bits per heavy atom. The Labute approximate surface area is 142 Å². The highest BCUT2D eigenvalue weighted by Crippen LogP contribution is 2.25. The van der Waals surface area contributed by atoms with E-state index in [1.807, 2.05) is 12.1 Å². The molecule has 0 spiro atoms. The smallest absolute Gasteiger partial charge is 0.282 e. The molecule has 0 saturated heterocycles. The molecule has 0 bridgehead atoms. The highest BCUT2D eigenvalue weighted by atomic mass is 32.2. The molecule has 0 aliphatic carbocycles. The van der Waals surface area contributed by atoms with Gasteiger partial charge in [0.15, 0.2) is 0 Å². The second-order valence-corrected chi connectivity index (χ2v) is 8.25. The molecule has 4 heteroatoms. The third-order valence-corrected chi connectivity index (χ3v) is 5.50. The molecule has 0 aromatic heterocycles. The van der Waals surface area contributed by atoms with E-state index in [0.29, 0.717) is 5.92 Å². The van der Waals surface area contributed by atoms with Gasteiger partial charge in [-0.2, -0.15) is 8.42 Å². The molecule has 0 aliphatic rings. The van der Waals surface area contributed by atoms with Crippen LogP contribution in [-0.2, 0) is 10.1 Å². The lowest BCUT2D eigenvalue weighted by Gasteiger charge is -2.15. The summed E-state index contributed by atoms with van der Waals surface area (Å²) in [6, 6.07) is 6.58. The van der Waals surface area contributed by atoms with E-state index in [0.717, 1.165) is 17.9 Å². The van der Waals surface area contributed by atoms with E-state index in [1.54, 1.807) is 0 Å². The summed E-state index contributed by atoms with van der Waals surface area (Å²) in [5.74, 6) is 1.21. The van der Waals surface area contributed by atoms with Gasteiger partial charge in [0.25, 0.3) is 10.1 Å². The lowest BCUT2D eigenvalue weighted by Crippen LogP contribution is -2.00. The predicted molar refractivity (Wildman–Crippen MR) is 96.4 cm³/mol. The zero-order chi connectivity index (χ0) is 17.3. The molecule has 0 fully saturated rings. The van der Waals surface area contributed by atoms with Crippen LogP contribution in [-0.4, -0.2) is 13.0 Å². The molecule has 0 radical (unpaired) electrons. The molecule has 2 atom stereocenters. The second kappa shape index (κ2) is 10.1. The van der Waals surface area contributed by atoms with Crippen LogP contribution in [0.4, 0.5) is 0 Å². The highest BCUT2D eigenvalue weighted by Gasteiger charge is 2.11. The second-order valence-electron chi connectivity index (χ2n) is 6.83. The fraction of sp³-hybridized carbons (Fsp3) is 0.684.